The first-order valence-corrected chi connectivity index (χ1v) is 2.54. The molecule has 0 aliphatic heterocycles. The lowest BCUT2D eigenvalue weighted by Crippen LogP contribution is -2.28. The SMILES string of the molecule is N#Cc1cccn1C(=O)[O-]. The van der Waals surface area contributed by atoms with E-state index in [1.165, 1.54) is 18.3 Å². The van der Waals surface area contributed by atoms with Gasteiger partial charge in [0.15, 0.2) is 0 Å². The van der Waals surface area contributed by atoms with E-state index in [2.05, 4.69) is 0 Å². The summed E-state index contributed by atoms with van der Waals surface area (Å²) >= 11 is 0. The maximum atomic E-state index is 10.1. The molecule has 1 aromatic rings. The largest absolute Gasteiger partial charge is 0.529 e. The second-order valence-electron chi connectivity index (χ2n) is 1.64. The highest BCUT2D eigenvalue weighted by Crippen LogP contribution is 1.97. The van der Waals surface area contributed by atoms with Crippen molar-refractivity contribution >= 4 is 6.09 Å². The Hall–Kier alpha value is -1.76. The molecule has 10 heavy (non-hydrogen) atoms. The second kappa shape index (κ2) is 2.23. The van der Waals surface area contributed by atoms with Crippen LogP contribution >= 0.6 is 0 Å². The van der Waals surface area contributed by atoms with Crippen molar-refractivity contribution in [2.24, 2.45) is 0 Å². The van der Waals surface area contributed by atoms with E-state index in [0.717, 1.165) is 4.57 Å². The predicted octanol–water partition coefficient (Wildman–Crippen LogP) is -0.449. The van der Waals surface area contributed by atoms with Gasteiger partial charge in [-0.3, -0.25) is 4.57 Å². The van der Waals surface area contributed by atoms with Crippen molar-refractivity contribution in [3.63, 3.8) is 0 Å². The van der Waals surface area contributed by atoms with E-state index in [1.807, 2.05) is 0 Å². The van der Waals surface area contributed by atoms with Crippen LogP contribution in [0.5, 0.6) is 0 Å². The van der Waals surface area contributed by atoms with Crippen LogP contribution in [0.1, 0.15) is 5.69 Å². The third-order valence-electron chi connectivity index (χ3n) is 1.06. The highest BCUT2D eigenvalue weighted by molar-refractivity contribution is 5.67. The standard InChI is InChI=1S/C6H4N2O2/c7-4-5-2-1-3-8(5)6(9)10/h1-3H,(H,9,10)/p-1. The van der Waals surface area contributed by atoms with Gasteiger partial charge in [-0.15, -0.1) is 0 Å². The Labute approximate surface area is 56.9 Å². The van der Waals surface area contributed by atoms with Gasteiger partial charge in [0.25, 0.3) is 0 Å². The number of hydrogen-bond acceptors (Lipinski definition) is 3. The minimum Gasteiger partial charge on any atom is -0.529 e. The third-order valence-corrected chi connectivity index (χ3v) is 1.06. The summed E-state index contributed by atoms with van der Waals surface area (Å²) in [5.41, 5.74) is 0.0694. The van der Waals surface area contributed by atoms with Gasteiger partial charge >= 0.3 is 0 Å². The lowest BCUT2D eigenvalue weighted by molar-refractivity contribution is -0.250. The molecule has 50 valence electrons. The van der Waals surface area contributed by atoms with Crippen molar-refractivity contribution in [2.75, 3.05) is 0 Å². The van der Waals surface area contributed by atoms with Crippen molar-refractivity contribution < 1.29 is 9.90 Å². The summed E-state index contributed by atoms with van der Waals surface area (Å²) in [6.07, 6.45) is -0.130. The van der Waals surface area contributed by atoms with Crippen LogP contribution in [0, 0.1) is 11.3 Å². The predicted molar refractivity (Wildman–Crippen MR) is 29.9 cm³/mol. The quantitative estimate of drug-likeness (QED) is 0.483. The van der Waals surface area contributed by atoms with E-state index in [0.29, 0.717) is 0 Å². The number of rotatable bonds is 0. The molecule has 0 amide bonds. The lowest BCUT2D eigenvalue weighted by Gasteiger charge is -2.02. The first-order valence-electron chi connectivity index (χ1n) is 2.54. The van der Waals surface area contributed by atoms with Crippen molar-refractivity contribution in [3.8, 4) is 6.07 Å². The van der Waals surface area contributed by atoms with Gasteiger partial charge in [0.05, 0.1) is 0 Å². The Morgan fingerprint density at radius 3 is 2.90 bits per heavy atom. The fraction of sp³-hybridized carbons (Fsp3) is 0. The first-order chi connectivity index (χ1) is 4.75. The van der Waals surface area contributed by atoms with E-state index >= 15 is 0 Å². The number of nitrogens with zero attached hydrogens (tertiary/aromatic N) is 2. The molecular formula is C6H3N2O2-. The van der Waals surface area contributed by atoms with Crippen LogP contribution < -0.4 is 5.11 Å². The molecule has 0 aliphatic carbocycles. The summed E-state index contributed by atoms with van der Waals surface area (Å²) in [7, 11) is 0. The van der Waals surface area contributed by atoms with E-state index in [9.17, 15) is 9.90 Å². The van der Waals surface area contributed by atoms with Crippen molar-refractivity contribution in [1.29, 1.82) is 5.26 Å². The summed E-state index contributed by atoms with van der Waals surface area (Å²) in [5, 5.41) is 18.4. The average Bonchev–Trinajstić information content (AvgIpc) is 2.33. The molecule has 0 unspecified atom stereocenters. The molecule has 0 bridgehead atoms. The minimum atomic E-state index is -1.39. The maximum Gasteiger partial charge on any atom is 0.146 e. The molecular weight excluding hydrogens is 132 g/mol. The van der Waals surface area contributed by atoms with Crippen LogP contribution in [0.3, 0.4) is 0 Å². The number of carbonyl (C=O) groups is 1. The van der Waals surface area contributed by atoms with Gasteiger partial charge < -0.3 is 9.90 Å². The molecule has 0 radical (unpaired) electrons. The smallest absolute Gasteiger partial charge is 0.146 e. The lowest BCUT2D eigenvalue weighted by atomic mass is 10.5. The van der Waals surface area contributed by atoms with Gasteiger partial charge in [-0.25, -0.2) is 0 Å². The van der Waals surface area contributed by atoms with Crippen LogP contribution in [0.2, 0.25) is 0 Å². The number of nitriles is 1. The van der Waals surface area contributed by atoms with Gasteiger partial charge in [0.2, 0.25) is 0 Å². The second-order valence-corrected chi connectivity index (χ2v) is 1.64. The van der Waals surface area contributed by atoms with Crippen LogP contribution in [0.25, 0.3) is 0 Å². The molecule has 4 heteroatoms. The Balaban J connectivity index is 3.17. The molecule has 0 fully saturated rings. The minimum absolute atomic E-state index is 0.0694. The number of carboxylic acid groups (broad SMARTS) is 1. The molecule has 0 spiro atoms. The zero-order chi connectivity index (χ0) is 7.56. The zero-order valence-electron chi connectivity index (χ0n) is 4.94. The van der Waals surface area contributed by atoms with E-state index in [4.69, 9.17) is 5.26 Å². The molecule has 1 aromatic heterocycles. The Morgan fingerprint density at radius 1 is 1.80 bits per heavy atom. The summed E-state index contributed by atoms with van der Waals surface area (Å²) in [5.74, 6) is 0. The van der Waals surface area contributed by atoms with Crippen molar-refractivity contribution in [1.82, 2.24) is 4.57 Å². The molecule has 0 atom stereocenters. The molecule has 0 aromatic carbocycles. The summed E-state index contributed by atoms with van der Waals surface area (Å²) in [4.78, 5) is 10.1. The molecule has 0 N–H and O–H groups in total. The summed E-state index contributed by atoms with van der Waals surface area (Å²) < 4.78 is 0.750. The number of carbonyl (C=O) groups excluding carboxylic acids is 1. The first kappa shape index (κ1) is 6.36. The average molecular weight is 135 g/mol. The number of aromatic nitrogens is 1. The normalized spacial score (nSPS) is 8.70. The Kier molecular flexibility index (Phi) is 1.42. The van der Waals surface area contributed by atoms with Crippen LogP contribution in [0.15, 0.2) is 18.3 Å². The summed E-state index contributed by atoms with van der Waals surface area (Å²) in [6.45, 7) is 0. The molecule has 1 heterocycles. The van der Waals surface area contributed by atoms with Crippen LogP contribution in [0.4, 0.5) is 4.79 Å². The molecule has 0 aliphatic rings. The van der Waals surface area contributed by atoms with Gasteiger partial charge in [-0.2, -0.15) is 5.26 Å². The Morgan fingerprint density at radius 2 is 2.50 bits per heavy atom. The topological polar surface area (TPSA) is 68.8 Å². The zero-order valence-corrected chi connectivity index (χ0v) is 4.94. The summed E-state index contributed by atoms with van der Waals surface area (Å²) in [6, 6.07) is 4.56. The molecule has 0 saturated carbocycles. The monoisotopic (exact) mass is 135 g/mol. The molecule has 4 nitrogen and oxygen atoms in total. The fourth-order valence-corrected chi connectivity index (χ4v) is 0.631. The highest BCUT2D eigenvalue weighted by atomic mass is 16.4. The van der Waals surface area contributed by atoms with Gasteiger partial charge in [0.1, 0.15) is 17.9 Å². The van der Waals surface area contributed by atoms with Gasteiger partial charge in [-0.05, 0) is 12.1 Å². The van der Waals surface area contributed by atoms with E-state index < -0.39 is 6.09 Å². The van der Waals surface area contributed by atoms with Gasteiger partial charge in [-0.1, -0.05) is 0 Å². The van der Waals surface area contributed by atoms with Crippen LogP contribution in [-0.2, 0) is 0 Å². The Bertz CT molecular complexity index is 295. The van der Waals surface area contributed by atoms with E-state index in [-0.39, 0.29) is 5.69 Å². The molecule has 0 saturated heterocycles. The maximum absolute atomic E-state index is 10.1. The third kappa shape index (κ3) is 0.845. The van der Waals surface area contributed by atoms with Crippen molar-refractivity contribution in [3.05, 3.63) is 24.0 Å². The van der Waals surface area contributed by atoms with Gasteiger partial charge in [0, 0.05) is 6.20 Å². The highest BCUT2D eigenvalue weighted by Gasteiger charge is 1.96. The number of hydrogen-bond donors (Lipinski definition) is 0. The molecule has 1 rings (SSSR count). The van der Waals surface area contributed by atoms with Crippen molar-refractivity contribution in [2.45, 2.75) is 0 Å². The fourth-order valence-electron chi connectivity index (χ4n) is 0.631. The van der Waals surface area contributed by atoms with Crippen LogP contribution in [-0.4, -0.2) is 10.7 Å². The van der Waals surface area contributed by atoms with E-state index in [1.54, 1.807) is 6.07 Å².